The fraction of sp³-hybridized carbons (Fsp3) is 0.214. The molecule has 0 radical (unpaired) electrons. The number of carbonyl (C=O) groups excluding carboxylic acids is 3. The Morgan fingerprint density at radius 3 is 2.24 bits per heavy atom. The van der Waals surface area contributed by atoms with E-state index in [0.29, 0.717) is 20.7 Å². The number of alkyl carbamates (subject to hydrolysis) is 1. The molecule has 37 heavy (non-hydrogen) atoms. The third kappa shape index (κ3) is 6.98. The summed E-state index contributed by atoms with van der Waals surface area (Å²) in [5.41, 5.74) is 2.55. The smallest absolute Gasteiger partial charge is 0.408 e. The number of aryl methyl sites for hydroxylation is 1. The Morgan fingerprint density at radius 1 is 0.973 bits per heavy atom. The Balaban J connectivity index is 1.41. The first-order valence-electron chi connectivity index (χ1n) is 11.7. The molecule has 7 nitrogen and oxygen atoms in total. The third-order valence-corrected chi connectivity index (χ3v) is 6.96. The molecule has 1 atom stereocenters. The number of halogens is 1. The van der Waals surface area contributed by atoms with E-state index in [0.717, 1.165) is 28.7 Å². The van der Waals surface area contributed by atoms with E-state index in [1.165, 1.54) is 0 Å². The van der Waals surface area contributed by atoms with Crippen LogP contribution in [0.1, 0.15) is 39.2 Å². The molecule has 0 saturated heterocycles. The van der Waals surface area contributed by atoms with Crippen molar-refractivity contribution < 1.29 is 28.2 Å². The molecule has 190 valence electrons. The Hall–Kier alpha value is -4.11. The van der Waals surface area contributed by atoms with Gasteiger partial charge in [-0.05, 0) is 30.5 Å². The van der Waals surface area contributed by atoms with Gasteiger partial charge in [0, 0.05) is 12.0 Å². The summed E-state index contributed by atoms with van der Waals surface area (Å²) in [5, 5.41) is 2.53. The number of aromatic nitrogens is 1. The molecule has 2 aromatic heterocycles. The molecule has 0 bridgehead atoms. The molecule has 1 amide bonds. The Labute approximate surface area is 217 Å². The van der Waals surface area contributed by atoms with Gasteiger partial charge in [-0.15, -0.1) is 11.3 Å². The number of rotatable bonds is 10. The van der Waals surface area contributed by atoms with Crippen molar-refractivity contribution in [1.82, 2.24) is 10.3 Å². The van der Waals surface area contributed by atoms with Crippen molar-refractivity contribution in [3.63, 3.8) is 0 Å². The van der Waals surface area contributed by atoms with E-state index in [1.54, 1.807) is 13.0 Å². The Morgan fingerprint density at radius 2 is 1.59 bits per heavy atom. The average Bonchev–Trinajstić information content (AvgIpc) is 3.37. The van der Waals surface area contributed by atoms with Crippen LogP contribution in [0.4, 0.5) is 9.18 Å². The number of amides is 1. The van der Waals surface area contributed by atoms with Crippen molar-refractivity contribution in [3.8, 4) is 0 Å². The van der Waals surface area contributed by atoms with Gasteiger partial charge >= 0.3 is 12.1 Å². The summed E-state index contributed by atoms with van der Waals surface area (Å²) in [6.07, 6.45) is 0.290. The second kappa shape index (κ2) is 12.2. The van der Waals surface area contributed by atoms with Crippen LogP contribution in [0, 0.1) is 12.7 Å². The van der Waals surface area contributed by atoms with Gasteiger partial charge < -0.3 is 14.8 Å². The minimum Gasteiger partial charge on any atom is -0.459 e. The zero-order chi connectivity index (χ0) is 26.2. The predicted molar refractivity (Wildman–Crippen MR) is 138 cm³/mol. The summed E-state index contributed by atoms with van der Waals surface area (Å²) in [6, 6.07) is 18.8. The van der Waals surface area contributed by atoms with Gasteiger partial charge in [-0.25, -0.2) is 14.0 Å². The molecule has 0 fully saturated rings. The number of hydrogen-bond acceptors (Lipinski definition) is 7. The number of esters is 1. The SMILES string of the molecule is Cc1c(F)cnc2cc(C(=O)CC[C@@H](NC(=O)OCc3ccccc3)C(=O)OCc3ccccc3)sc12. The maximum Gasteiger partial charge on any atom is 0.408 e. The van der Waals surface area contributed by atoms with Gasteiger partial charge in [0.05, 0.1) is 21.3 Å². The van der Waals surface area contributed by atoms with Crippen LogP contribution in [0.25, 0.3) is 10.2 Å². The molecule has 0 aliphatic carbocycles. The highest BCUT2D eigenvalue weighted by atomic mass is 32.1. The minimum atomic E-state index is -1.09. The van der Waals surface area contributed by atoms with Gasteiger partial charge in [-0.3, -0.25) is 9.78 Å². The standard InChI is InChI=1S/C28H25FN2O5S/c1-18-21(29)15-30-23-14-25(37-26(18)23)24(32)13-12-22(27(33)35-16-19-8-4-2-5-9-19)31-28(34)36-17-20-10-6-3-7-11-20/h2-11,14-15,22H,12-13,16-17H2,1H3,(H,31,34)/t22-/m1/s1. The van der Waals surface area contributed by atoms with Crippen LogP contribution in [0.15, 0.2) is 72.9 Å². The lowest BCUT2D eigenvalue weighted by Gasteiger charge is -2.17. The first kappa shape index (κ1) is 26.0. The summed E-state index contributed by atoms with van der Waals surface area (Å²) in [4.78, 5) is 42.6. The number of carbonyl (C=O) groups is 3. The summed E-state index contributed by atoms with van der Waals surface area (Å²) >= 11 is 1.15. The van der Waals surface area contributed by atoms with Crippen LogP contribution in [0.5, 0.6) is 0 Å². The summed E-state index contributed by atoms with van der Waals surface area (Å²) in [7, 11) is 0. The van der Waals surface area contributed by atoms with E-state index < -0.39 is 23.9 Å². The van der Waals surface area contributed by atoms with Gasteiger partial charge in [0.1, 0.15) is 25.1 Å². The molecule has 0 spiro atoms. The summed E-state index contributed by atoms with van der Waals surface area (Å²) in [6.45, 7) is 1.69. The van der Waals surface area contributed by atoms with Gasteiger partial charge in [-0.1, -0.05) is 60.7 Å². The second-order valence-electron chi connectivity index (χ2n) is 8.37. The van der Waals surface area contributed by atoms with E-state index in [1.807, 2.05) is 60.7 Å². The monoisotopic (exact) mass is 520 g/mol. The van der Waals surface area contributed by atoms with Crippen molar-refractivity contribution in [2.45, 2.75) is 39.0 Å². The van der Waals surface area contributed by atoms with E-state index in [2.05, 4.69) is 10.3 Å². The molecule has 0 aliphatic rings. The minimum absolute atomic E-state index is 0.00190. The number of hydrogen-bond donors (Lipinski definition) is 1. The largest absolute Gasteiger partial charge is 0.459 e. The number of ketones is 1. The number of fused-ring (bicyclic) bond motifs is 1. The lowest BCUT2D eigenvalue weighted by molar-refractivity contribution is -0.147. The molecular weight excluding hydrogens is 495 g/mol. The van der Waals surface area contributed by atoms with E-state index in [-0.39, 0.29) is 31.8 Å². The summed E-state index contributed by atoms with van der Waals surface area (Å²) in [5.74, 6) is -1.36. The normalized spacial score (nSPS) is 11.6. The molecule has 4 aromatic rings. The highest BCUT2D eigenvalue weighted by Gasteiger charge is 2.25. The molecule has 1 N–H and O–H groups in total. The number of nitrogens with one attached hydrogen (secondary N) is 1. The fourth-order valence-corrected chi connectivity index (χ4v) is 4.67. The molecule has 0 unspecified atom stereocenters. The third-order valence-electron chi connectivity index (χ3n) is 5.68. The predicted octanol–water partition coefficient (Wildman–Crippen LogP) is 5.75. The van der Waals surface area contributed by atoms with Crippen molar-refractivity contribution in [2.24, 2.45) is 0 Å². The molecule has 2 heterocycles. The number of thiophene rings is 1. The number of ether oxygens (including phenoxy) is 2. The molecule has 4 rings (SSSR count). The van der Waals surface area contributed by atoms with Crippen molar-refractivity contribution in [1.29, 1.82) is 0 Å². The van der Waals surface area contributed by atoms with Crippen molar-refractivity contribution in [3.05, 3.63) is 100 Å². The lowest BCUT2D eigenvalue weighted by Crippen LogP contribution is -2.42. The van der Waals surface area contributed by atoms with E-state index in [4.69, 9.17) is 9.47 Å². The van der Waals surface area contributed by atoms with Crippen LogP contribution < -0.4 is 5.32 Å². The zero-order valence-corrected chi connectivity index (χ0v) is 20.9. The Bertz CT molecular complexity index is 1390. The summed E-state index contributed by atoms with van der Waals surface area (Å²) < 4.78 is 25.1. The fourth-order valence-electron chi connectivity index (χ4n) is 3.60. The molecule has 9 heteroatoms. The highest BCUT2D eigenvalue weighted by Crippen LogP contribution is 2.29. The first-order chi connectivity index (χ1) is 17.9. The van der Waals surface area contributed by atoms with Crippen LogP contribution in [0.2, 0.25) is 0 Å². The van der Waals surface area contributed by atoms with E-state index in [9.17, 15) is 18.8 Å². The maximum atomic E-state index is 13.8. The molecular formula is C28H25FN2O5S. The highest BCUT2D eigenvalue weighted by molar-refractivity contribution is 7.21. The van der Waals surface area contributed by atoms with Crippen LogP contribution in [0.3, 0.4) is 0 Å². The van der Waals surface area contributed by atoms with Crippen LogP contribution >= 0.6 is 11.3 Å². The van der Waals surface area contributed by atoms with Crippen LogP contribution in [-0.2, 0) is 27.5 Å². The number of benzene rings is 2. The average molecular weight is 521 g/mol. The van der Waals surface area contributed by atoms with Gasteiger partial charge in [0.25, 0.3) is 0 Å². The van der Waals surface area contributed by atoms with Crippen molar-refractivity contribution >= 4 is 39.4 Å². The Kier molecular flexibility index (Phi) is 8.58. The number of pyridine rings is 1. The zero-order valence-electron chi connectivity index (χ0n) is 20.1. The van der Waals surface area contributed by atoms with Crippen molar-refractivity contribution in [2.75, 3.05) is 0 Å². The maximum absolute atomic E-state index is 13.8. The second-order valence-corrected chi connectivity index (χ2v) is 9.42. The van der Waals surface area contributed by atoms with E-state index >= 15 is 0 Å². The van der Waals surface area contributed by atoms with Gasteiger partial charge in [0.15, 0.2) is 5.78 Å². The molecule has 0 saturated carbocycles. The topological polar surface area (TPSA) is 94.6 Å². The van der Waals surface area contributed by atoms with Gasteiger partial charge in [-0.2, -0.15) is 0 Å². The van der Waals surface area contributed by atoms with Gasteiger partial charge in [0.2, 0.25) is 0 Å². The number of nitrogens with zero attached hydrogens (tertiary/aromatic N) is 1. The molecule has 2 aromatic carbocycles. The number of Topliss-reactive ketones (excluding diaryl/α,β-unsaturated/α-hetero) is 1. The quantitative estimate of drug-likeness (QED) is 0.212. The first-order valence-corrected chi connectivity index (χ1v) is 12.5. The molecule has 0 aliphatic heterocycles. The van der Waals surface area contributed by atoms with Crippen LogP contribution in [-0.4, -0.2) is 28.9 Å². The lowest BCUT2D eigenvalue weighted by atomic mass is 10.1.